The van der Waals surface area contributed by atoms with Crippen LogP contribution in [-0.4, -0.2) is 37.5 Å². The predicted molar refractivity (Wildman–Crippen MR) is 57.9 cm³/mol. The van der Waals surface area contributed by atoms with E-state index in [0.29, 0.717) is 25.7 Å². The van der Waals surface area contributed by atoms with Crippen LogP contribution in [0.1, 0.15) is 27.7 Å². The minimum absolute atomic E-state index is 0.216. The van der Waals surface area contributed by atoms with Gasteiger partial charge in [0.15, 0.2) is 0 Å². The number of carbonyl (C=O) groups is 1. The van der Waals surface area contributed by atoms with E-state index in [0.717, 1.165) is 0 Å². The molecule has 0 aliphatic heterocycles. The lowest BCUT2D eigenvalue weighted by Crippen LogP contribution is -2.29. The molecule has 0 radical (unpaired) electrons. The zero-order valence-corrected chi connectivity index (χ0v) is 10.1. The van der Waals surface area contributed by atoms with Gasteiger partial charge in [0, 0.05) is 6.61 Å². The van der Waals surface area contributed by atoms with Crippen molar-refractivity contribution in [3.8, 4) is 0 Å². The number of hydrogen-bond donors (Lipinski definition) is 1. The number of hydrogen-bond acceptors (Lipinski definition) is 3. The van der Waals surface area contributed by atoms with Crippen molar-refractivity contribution in [3.63, 3.8) is 0 Å². The third kappa shape index (κ3) is 7.33. The lowest BCUT2D eigenvalue weighted by Gasteiger charge is -2.18. The predicted octanol–water partition coefficient (Wildman–Crippen LogP) is 1.79. The molecule has 4 heteroatoms. The van der Waals surface area contributed by atoms with Crippen molar-refractivity contribution in [2.24, 2.45) is 11.3 Å². The van der Waals surface area contributed by atoms with Crippen LogP contribution in [0.4, 0.5) is 0 Å². The molecule has 0 aliphatic carbocycles. The largest absolute Gasteiger partial charge is 0.481 e. The molecule has 0 aliphatic rings. The van der Waals surface area contributed by atoms with Gasteiger partial charge in [-0.25, -0.2) is 0 Å². The molecule has 0 bridgehead atoms. The molecule has 15 heavy (non-hydrogen) atoms. The second kappa shape index (κ2) is 6.80. The molecule has 0 aromatic rings. The van der Waals surface area contributed by atoms with Crippen LogP contribution in [0.15, 0.2) is 0 Å². The molecular formula is C11H22O4. The van der Waals surface area contributed by atoms with E-state index in [-0.39, 0.29) is 6.61 Å². The Bertz CT molecular complexity index is 187. The highest BCUT2D eigenvalue weighted by molar-refractivity contribution is 5.73. The second-order valence-electron chi connectivity index (χ2n) is 4.71. The first-order valence-electron chi connectivity index (χ1n) is 5.25. The van der Waals surface area contributed by atoms with Gasteiger partial charge in [-0.1, -0.05) is 13.8 Å². The van der Waals surface area contributed by atoms with Crippen LogP contribution in [0, 0.1) is 11.3 Å². The van der Waals surface area contributed by atoms with Crippen LogP contribution >= 0.6 is 0 Å². The molecular weight excluding hydrogens is 196 g/mol. The van der Waals surface area contributed by atoms with E-state index in [4.69, 9.17) is 14.6 Å². The Hall–Kier alpha value is -0.610. The fraction of sp³-hybridized carbons (Fsp3) is 0.909. The Labute approximate surface area is 91.6 Å². The Morgan fingerprint density at radius 1 is 1.27 bits per heavy atom. The monoisotopic (exact) mass is 218 g/mol. The van der Waals surface area contributed by atoms with E-state index < -0.39 is 11.4 Å². The van der Waals surface area contributed by atoms with E-state index in [1.54, 1.807) is 13.8 Å². The molecule has 0 atom stereocenters. The molecule has 0 aromatic carbocycles. The van der Waals surface area contributed by atoms with Crippen LogP contribution in [0.5, 0.6) is 0 Å². The average Bonchev–Trinajstić information content (AvgIpc) is 2.10. The van der Waals surface area contributed by atoms with Gasteiger partial charge >= 0.3 is 5.97 Å². The van der Waals surface area contributed by atoms with Crippen molar-refractivity contribution in [1.29, 1.82) is 0 Å². The summed E-state index contributed by atoms with van der Waals surface area (Å²) in [6.45, 7) is 9.34. The summed E-state index contributed by atoms with van der Waals surface area (Å²) < 4.78 is 10.5. The molecule has 1 N–H and O–H groups in total. The maximum atomic E-state index is 10.7. The molecule has 0 saturated heterocycles. The zero-order chi connectivity index (χ0) is 11.9. The van der Waals surface area contributed by atoms with Crippen molar-refractivity contribution < 1.29 is 19.4 Å². The zero-order valence-electron chi connectivity index (χ0n) is 10.1. The summed E-state index contributed by atoms with van der Waals surface area (Å²) >= 11 is 0. The first kappa shape index (κ1) is 14.4. The van der Waals surface area contributed by atoms with Crippen molar-refractivity contribution in [3.05, 3.63) is 0 Å². The van der Waals surface area contributed by atoms with Crippen LogP contribution in [0.2, 0.25) is 0 Å². The fourth-order valence-corrected chi connectivity index (χ4v) is 0.826. The summed E-state index contributed by atoms with van der Waals surface area (Å²) in [4.78, 5) is 10.7. The summed E-state index contributed by atoms with van der Waals surface area (Å²) in [5.74, 6) is -0.328. The summed E-state index contributed by atoms with van der Waals surface area (Å²) in [6.07, 6.45) is 0. The molecule has 0 unspecified atom stereocenters. The van der Waals surface area contributed by atoms with Gasteiger partial charge in [-0.15, -0.1) is 0 Å². The van der Waals surface area contributed by atoms with Gasteiger partial charge in [-0.05, 0) is 19.8 Å². The van der Waals surface area contributed by atoms with Crippen LogP contribution < -0.4 is 0 Å². The molecule has 0 amide bonds. The third-order valence-corrected chi connectivity index (χ3v) is 1.87. The van der Waals surface area contributed by atoms with Crippen molar-refractivity contribution >= 4 is 5.97 Å². The quantitative estimate of drug-likeness (QED) is 0.631. The molecule has 90 valence electrons. The molecule has 0 fully saturated rings. The van der Waals surface area contributed by atoms with Gasteiger partial charge in [-0.3, -0.25) is 4.79 Å². The number of carboxylic acid groups (broad SMARTS) is 1. The smallest absolute Gasteiger partial charge is 0.311 e. The van der Waals surface area contributed by atoms with Crippen LogP contribution in [0.25, 0.3) is 0 Å². The Kier molecular flexibility index (Phi) is 6.52. The second-order valence-corrected chi connectivity index (χ2v) is 4.71. The van der Waals surface area contributed by atoms with Gasteiger partial charge in [0.1, 0.15) is 0 Å². The maximum absolute atomic E-state index is 10.7. The maximum Gasteiger partial charge on any atom is 0.311 e. The molecule has 0 saturated carbocycles. The Morgan fingerprint density at radius 2 is 1.80 bits per heavy atom. The number of rotatable bonds is 8. The first-order valence-corrected chi connectivity index (χ1v) is 5.25. The fourth-order valence-electron chi connectivity index (χ4n) is 0.826. The Morgan fingerprint density at radius 3 is 2.27 bits per heavy atom. The van der Waals surface area contributed by atoms with E-state index in [2.05, 4.69) is 13.8 Å². The lowest BCUT2D eigenvalue weighted by atomic mass is 9.95. The van der Waals surface area contributed by atoms with E-state index in [1.165, 1.54) is 0 Å². The van der Waals surface area contributed by atoms with Gasteiger partial charge < -0.3 is 14.6 Å². The standard InChI is InChI=1S/C11H22O4/c1-9(2)7-14-5-6-15-8-11(3,4)10(12)13/h9H,5-8H2,1-4H3,(H,12,13). The van der Waals surface area contributed by atoms with E-state index in [9.17, 15) is 4.79 Å². The topological polar surface area (TPSA) is 55.8 Å². The van der Waals surface area contributed by atoms with Gasteiger partial charge in [0.05, 0.1) is 25.2 Å². The van der Waals surface area contributed by atoms with Crippen LogP contribution in [-0.2, 0) is 14.3 Å². The molecule has 0 rings (SSSR count). The van der Waals surface area contributed by atoms with Gasteiger partial charge in [0.25, 0.3) is 0 Å². The lowest BCUT2D eigenvalue weighted by molar-refractivity contribution is -0.150. The van der Waals surface area contributed by atoms with E-state index in [1.807, 2.05) is 0 Å². The van der Waals surface area contributed by atoms with Crippen molar-refractivity contribution in [2.45, 2.75) is 27.7 Å². The summed E-state index contributed by atoms with van der Waals surface area (Å²) in [6, 6.07) is 0. The normalized spacial score (nSPS) is 12.1. The number of ether oxygens (including phenoxy) is 2. The molecule has 0 heterocycles. The molecule has 0 aromatic heterocycles. The van der Waals surface area contributed by atoms with Crippen LogP contribution in [0.3, 0.4) is 0 Å². The molecule has 0 spiro atoms. The first-order chi connectivity index (χ1) is 6.86. The SMILES string of the molecule is CC(C)COCCOCC(C)(C)C(=O)O. The van der Waals surface area contributed by atoms with Crippen molar-refractivity contribution in [2.75, 3.05) is 26.4 Å². The number of carboxylic acids is 1. The molecule has 4 nitrogen and oxygen atoms in total. The van der Waals surface area contributed by atoms with Crippen molar-refractivity contribution in [1.82, 2.24) is 0 Å². The highest BCUT2D eigenvalue weighted by atomic mass is 16.5. The summed E-state index contributed by atoms with van der Waals surface area (Å²) in [7, 11) is 0. The minimum Gasteiger partial charge on any atom is -0.481 e. The van der Waals surface area contributed by atoms with Gasteiger partial charge in [0.2, 0.25) is 0 Å². The van der Waals surface area contributed by atoms with E-state index >= 15 is 0 Å². The highest BCUT2D eigenvalue weighted by Gasteiger charge is 2.27. The average molecular weight is 218 g/mol. The number of aliphatic carboxylic acids is 1. The summed E-state index contributed by atoms with van der Waals surface area (Å²) in [5, 5.41) is 8.81. The summed E-state index contributed by atoms with van der Waals surface area (Å²) in [5.41, 5.74) is -0.821. The highest BCUT2D eigenvalue weighted by Crippen LogP contribution is 2.14. The Balaban J connectivity index is 3.43. The van der Waals surface area contributed by atoms with Gasteiger partial charge in [-0.2, -0.15) is 0 Å². The minimum atomic E-state index is -0.842. The third-order valence-electron chi connectivity index (χ3n) is 1.87.